The number of carbonyl (C=O) groups is 1. The number of aromatic nitrogens is 7. The van der Waals surface area contributed by atoms with Gasteiger partial charge in [-0.1, -0.05) is 11.6 Å². The molecule has 1 amide bonds. The van der Waals surface area contributed by atoms with E-state index < -0.39 is 17.8 Å². The molecule has 0 saturated heterocycles. The number of halogens is 4. The van der Waals surface area contributed by atoms with Gasteiger partial charge in [-0.2, -0.15) is 23.0 Å². The summed E-state index contributed by atoms with van der Waals surface area (Å²) in [4.78, 5) is 33.4. The van der Waals surface area contributed by atoms with Gasteiger partial charge in [0.1, 0.15) is 30.6 Å². The Labute approximate surface area is 195 Å². The summed E-state index contributed by atoms with van der Waals surface area (Å²) in [6.07, 6.45) is -1.01. The number of anilines is 2. The van der Waals surface area contributed by atoms with Gasteiger partial charge in [0.15, 0.2) is 11.6 Å². The summed E-state index contributed by atoms with van der Waals surface area (Å²) in [5, 5.41) is 7.24. The largest absolute Gasteiger partial charge is 0.418 e. The van der Waals surface area contributed by atoms with Gasteiger partial charge < -0.3 is 10.2 Å². The first kappa shape index (κ1) is 23.3. The van der Waals surface area contributed by atoms with E-state index in [1.165, 1.54) is 35.2 Å². The first-order valence-electron chi connectivity index (χ1n) is 9.81. The molecule has 4 aromatic rings. The van der Waals surface area contributed by atoms with Crippen molar-refractivity contribution < 1.29 is 18.0 Å². The fraction of sp³-hybridized carbons (Fsp3) is 0.250. The van der Waals surface area contributed by atoms with Gasteiger partial charge in [0.05, 0.1) is 17.1 Å². The Morgan fingerprint density at radius 1 is 1.09 bits per heavy atom. The van der Waals surface area contributed by atoms with Gasteiger partial charge in [0.2, 0.25) is 5.91 Å². The Morgan fingerprint density at radius 2 is 1.82 bits per heavy atom. The molecular formula is C20H17ClF3N9O. The van der Waals surface area contributed by atoms with Crippen molar-refractivity contribution in [1.29, 1.82) is 0 Å². The minimum absolute atomic E-state index is 0.100. The second kappa shape index (κ2) is 8.82. The molecule has 0 bridgehead atoms. The van der Waals surface area contributed by atoms with Crippen LogP contribution in [0.25, 0.3) is 16.7 Å². The van der Waals surface area contributed by atoms with Crippen LogP contribution in [0.3, 0.4) is 0 Å². The highest BCUT2D eigenvalue weighted by Gasteiger charge is 2.34. The molecule has 14 heteroatoms. The van der Waals surface area contributed by atoms with Gasteiger partial charge in [-0.15, -0.1) is 0 Å². The molecule has 0 aliphatic carbocycles. The van der Waals surface area contributed by atoms with Crippen molar-refractivity contribution in [3.8, 4) is 5.82 Å². The van der Waals surface area contributed by atoms with Crippen LogP contribution in [0, 0.1) is 0 Å². The van der Waals surface area contributed by atoms with Crippen LogP contribution < -0.4 is 10.2 Å². The minimum Gasteiger partial charge on any atom is -0.360 e. The zero-order chi connectivity index (χ0) is 24.6. The van der Waals surface area contributed by atoms with E-state index in [2.05, 4.69) is 35.3 Å². The first-order valence-corrected chi connectivity index (χ1v) is 10.2. The number of benzene rings is 1. The number of nitrogens with one attached hydrogen (secondary N) is 1. The third-order valence-corrected chi connectivity index (χ3v) is 5.21. The number of rotatable bonds is 5. The number of hydrogen-bond donors (Lipinski definition) is 1. The maximum atomic E-state index is 13.5. The van der Waals surface area contributed by atoms with Crippen molar-refractivity contribution in [2.45, 2.75) is 26.1 Å². The lowest BCUT2D eigenvalue weighted by atomic mass is 10.1. The van der Waals surface area contributed by atoms with Gasteiger partial charge >= 0.3 is 6.18 Å². The summed E-state index contributed by atoms with van der Waals surface area (Å²) in [6, 6.07) is 3.17. The van der Waals surface area contributed by atoms with E-state index >= 15 is 0 Å². The van der Waals surface area contributed by atoms with Crippen LogP contribution in [0.15, 0.2) is 37.2 Å². The van der Waals surface area contributed by atoms with Gasteiger partial charge in [-0.3, -0.25) is 4.79 Å². The maximum absolute atomic E-state index is 13.5. The van der Waals surface area contributed by atoms with Crippen molar-refractivity contribution >= 4 is 40.0 Å². The zero-order valence-electron chi connectivity index (χ0n) is 18.0. The fourth-order valence-corrected chi connectivity index (χ4v) is 3.47. The lowest BCUT2D eigenvalue weighted by molar-refractivity contribution is -0.136. The molecule has 176 valence electrons. The van der Waals surface area contributed by atoms with Crippen LogP contribution in [-0.4, -0.2) is 47.7 Å². The Morgan fingerprint density at radius 3 is 2.53 bits per heavy atom. The molecule has 1 atom stereocenters. The molecule has 4 rings (SSSR count). The molecular weight excluding hydrogens is 475 g/mol. The Hall–Kier alpha value is -3.87. The molecule has 0 aliphatic rings. The van der Waals surface area contributed by atoms with E-state index in [-0.39, 0.29) is 27.7 Å². The van der Waals surface area contributed by atoms with Crippen LogP contribution >= 0.6 is 11.6 Å². The van der Waals surface area contributed by atoms with Crippen LogP contribution in [0.1, 0.15) is 31.3 Å². The number of amides is 1. The molecule has 1 aromatic carbocycles. The average molecular weight is 492 g/mol. The third kappa shape index (κ3) is 4.46. The molecule has 1 N–H and O–H groups in total. The maximum Gasteiger partial charge on any atom is 0.418 e. The van der Waals surface area contributed by atoms with Crippen LogP contribution in [-0.2, 0) is 11.0 Å². The monoisotopic (exact) mass is 491 g/mol. The van der Waals surface area contributed by atoms with E-state index in [1.54, 1.807) is 20.0 Å². The van der Waals surface area contributed by atoms with Crippen LogP contribution in [0.5, 0.6) is 0 Å². The standard InChI is InChI=1S/C20H17ClF3N9O/c1-10(19-29-9-30-33(19)16-6-15(25-7-26-16)32(3)11(2)34)31-18-13-4-12(21)5-14(20(22,23)24)17(13)27-8-28-18/h4-10H,1-3H3,(H,27,28,31)/t10-/m0/s1. The lowest BCUT2D eigenvalue weighted by Gasteiger charge is -2.18. The van der Waals surface area contributed by atoms with Gasteiger partial charge in [0.25, 0.3) is 0 Å². The Balaban J connectivity index is 1.71. The summed E-state index contributed by atoms with van der Waals surface area (Å²) in [7, 11) is 1.57. The Bertz CT molecular complexity index is 1380. The Kier molecular flexibility index (Phi) is 6.04. The quantitative estimate of drug-likeness (QED) is 0.448. The predicted molar refractivity (Wildman–Crippen MR) is 118 cm³/mol. The molecule has 0 radical (unpaired) electrons. The highest BCUT2D eigenvalue weighted by molar-refractivity contribution is 6.31. The van der Waals surface area contributed by atoms with E-state index in [4.69, 9.17) is 11.6 Å². The van der Waals surface area contributed by atoms with Crippen LogP contribution in [0.4, 0.5) is 24.8 Å². The van der Waals surface area contributed by atoms with Crippen molar-refractivity contribution in [3.05, 3.63) is 53.6 Å². The molecule has 0 aliphatic heterocycles. The topological polar surface area (TPSA) is 115 Å². The molecule has 3 heterocycles. The first-order chi connectivity index (χ1) is 16.1. The number of hydrogen-bond acceptors (Lipinski definition) is 8. The smallest absolute Gasteiger partial charge is 0.360 e. The van der Waals surface area contributed by atoms with E-state index in [0.717, 1.165) is 12.4 Å². The van der Waals surface area contributed by atoms with Gasteiger partial charge in [-0.05, 0) is 19.1 Å². The minimum atomic E-state index is -4.64. The lowest BCUT2D eigenvalue weighted by Crippen LogP contribution is -2.24. The number of carbonyl (C=O) groups excluding carboxylic acids is 1. The van der Waals surface area contributed by atoms with E-state index in [0.29, 0.717) is 17.5 Å². The SMILES string of the molecule is CC(=O)N(C)c1cc(-n2ncnc2[C@H](C)Nc2ncnc3c(C(F)(F)F)cc(Cl)cc23)ncn1. The highest BCUT2D eigenvalue weighted by atomic mass is 35.5. The molecule has 3 aromatic heterocycles. The van der Waals surface area contributed by atoms with Crippen molar-refractivity contribution in [3.63, 3.8) is 0 Å². The number of nitrogens with zero attached hydrogens (tertiary/aromatic N) is 8. The predicted octanol–water partition coefficient (Wildman–Crippen LogP) is 3.83. The molecule has 0 fully saturated rings. The second-order valence-electron chi connectivity index (χ2n) is 7.28. The summed E-state index contributed by atoms with van der Waals surface area (Å²) in [5.74, 6) is 1.01. The van der Waals surface area contributed by atoms with Crippen molar-refractivity contribution in [1.82, 2.24) is 34.7 Å². The average Bonchev–Trinajstić information content (AvgIpc) is 3.28. The third-order valence-electron chi connectivity index (χ3n) is 4.99. The van der Waals surface area contributed by atoms with Crippen molar-refractivity contribution in [2.75, 3.05) is 17.3 Å². The molecule has 0 spiro atoms. The van der Waals surface area contributed by atoms with Crippen molar-refractivity contribution in [2.24, 2.45) is 0 Å². The summed E-state index contributed by atoms with van der Waals surface area (Å²) >= 11 is 5.95. The zero-order valence-corrected chi connectivity index (χ0v) is 18.8. The van der Waals surface area contributed by atoms with E-state index in [1.807, 2.05) is 0 Å². The summed E-state index contributed by atoms with van der Waals surface area (Å²) < 4.78 is 41.9. The normalized spacial score (nSPS) is 12.6. The fourth-order valence-electron chi connectivity index (χ4n) is 3.25. The second-order valence-corrected chi connectivity index (χ2v) is 7.71. The summed E-state index contributed by atoms with van der Waals surface area (Å²) in [5.41, 5.74) is -1.24. The summed E-state index contributed by atoms with van der Waals surface area (Å²) in [6.45, 7) is 3.13. The number of fused-ring (bicyclic) bond motifs is 1. The van der Waals surface area contributed by atoms with Crippen LogP contribution in [0.2, 0.25) is 5.02 Å². The molecule has 10 nitrogen and oxygen atoms in total. The molecule has 0 unspecified atom stereocenters. The van der Waals surface area contributed by atoms with Gasteiger partial charge in [0, 0.05) is 30.4 Å². The number of alkyl halides is 3. The molecule has 0 saturated carbocycles. The van der Waals surface area contributed by atoms with Gasteiger partial charge in [-0.25, -0.2) is 24.9 Å². The highest BCUT2D eigenvalue weighted by Crippen LogP contribution is 2.38. The molecule has 34 heavy (non-hydrogen) atoms. The van der Waals surface area contributed by atoms with E-state index in [9.17, 15) is 18.0 Å².